The van der Waals surface area contributed by atoms with Gasteiger partial charge in [0.25, 0.3) is 0 Å². The van der Waals surface area contributed by atoms with Crippen molar-refractivity contribution in [2.24, 2.45) is 10.2 Å². The quantitative estimate of drug-likeness (QED) is 0.537. The van der Waals surface area contributed by atoms with E-state index in [0.29, 0.717) is 0 Å². The average Bonchev–Trinajstić information content (AvgIpc) is 2.79. The number of piperidine rings is 2. The molecule has 0 aromatic heterocycles. The summed E-state index contributed by atoms with van der Waals surface area (Å²) >= 11 is 0. The largest absolute Gasteiger partial charge is 0.372 e. The van der Waals surface area contributed by atoms with Crippen molar-refractivity contribution in [2.45, 2.75) is 38.5 Å². The number of benzene rings is 2. The molecule has 2 fully saturated rings. The Labute approximate surface area is 168 Å². The molecule has 28 heavy (non-hydrogen) atoms. The molecule has 4 rings (SSSR count). The fourth-order valence-corrected chi connectivity index (χ4v) is 4.05. The average molecular weight is 375 g/mol. The van der Waals surface area contributed by atoms with Crippen molar-refractivity contribution >= 4 is 23.8 Å². The van der Waals surface area contributed by atoms with E-state index in [9.17, 15) is 0 Å². The zero-order valence-electron chi connectivity index (χ0n) is 16.6. The zero-order valence-corrected chi connectivity index (χ0v) is 16.6. The molecule has 2 heterocycles. The molecule has 0 atom stereocenters. The summed E-state index contributed by atoms with van der Waals surface area (Å²) in [6, 6.07) is 17.2. The molecule has 0 aliphatic carbocycles. The molecule has 2 saturated heterocycles. The summed E-state index contributed by atoms with van der Waals surface area (Å²) < 4.78 is 0. The van der Waals surface area contributed by atoms with Crippen LogP contribution in [0.15, 0.2) is 58.7 Å². The van der Waals surface area contributed by atoms with Crippen molar-refractivity contribution in [3.05, 3.63) is 59.7 Å². The van der Waals surface area contributed by atoms with Crippen LogP contribution in [0.5, 0.6) is 0 Å². The maximum absolute atomic E-state index is 4.21. The fraction of sp³-hybridized carbons (Fsp3) is 0.417. The monoisotopic (exact) mass is 374 g/mol. The van der Waals surface area contributed by atoms with Gasteiger partial charge in [-0.2, -0.15) is 10.2 Å². The van der Waals surface area contributed by atoms with Crippen molar-refractivity contribution in [1.29, 1.82) is 0 Å². The fourth-order valence-electron chi connectivity index (χ4n) is 4.05. The van der Waals surface area contributed by atoms with E-state index >= 15 is 0 Å². The van der Waals surface area contributed by atoms with Crippen LogP contribution in [-0.2, 0) is 0 Å². The molecule has 0 spiro atoms. The summed E-state index contributed by atoms with van der Waals surface area (Å²) in [6.07, 6.45) is 11.6. The molecule has 2 aliphatic heterocycles. The number of hydrogen-bond acceptors (Lipinski definition) is 4. The van der Waals surface area contributed by atoms with E-state index < -0.39 is 0 Å². The lowest BCUT2D eigenvalue weighted by molar-refractivity contribution is 0.578. The second kappa shape index (κ2) is 9.54. The Balaban J connectivity index is 1.30. The first-order valence-corrected chi connectivity index (χ1v) is 10.6. The Morgan fingerprint density at radius 2 is 0.857 bits per heavy atom. The maximum Gasteiger partial charge on any atom is 0.0568 e. The van der Waals surface area contributed by atoms with Crippen LogP contribution in [0, 0.1) is 0 Å². The Kier molecular flexibility index (Phi) is 6.38. The standard InChI is InChI=1S/C24H30N4/c1-3-15-27(16-4-1)23-11-7-21(8-12-23)19-25-26-20-22-9-13-24(14-10-22)28-17-5-2-6-18-28/h7-14,19-20H,1-6,15-18H2/b25-19+,26-20+. The SMILES string of the molecule is C(=N\N=C\c1ccc(N2CCCCC2)cc1)/c1ccc(N2CCCCC2)cc1. The first-order chi connectivity index (χ1) is 13.9. The Hall–Kier alpha value is -2.62. The van der Waals surface area contributed by atoms with Crippen LogP contribution in [0.4, 0.5) is 11.4 Å². The third-order valence-corrected chi connectivity index (χ3v) is 5.71. The molecule has 2 aromatic carbocycles. The molecule has 0 radical (unpaired) electrons. The minimum Gasteiger partial charge on any atom is -0.372 e. The van der Waals surface area contributed by atoms with Crippen LogP contribution in [0.2, 0.25) is 0 Å². The van der Waals surface area contributed by atoms with E-state index in [4.69, 9.17) is 0 Å². The molecule has 0 saturated carbocycles. The first kappa shape index (κ1) is 18.7. The van der Waals surface area contributed by atoms with Gasteiger partial charge in [-0.25, -0.2) is 0 Å². The second-order valence-corrected chi connectivity index (χ2v) is 7.77. The van der Waals surface area contributed by atoms with Gasteiger partial charge in [0.1, 0.15) is 0 Å². The summed E-state index contributed by atoms with van der Waals surface area (Å²) in [5, 5.41) is 8.42. The third kappa shape index (κ3) is 5.00. The number of hydrogen-bond donors (Lipinski definition) is 0. The van der Waals surface area contributed by atoms with E-state index in [1.165, 1.54) is 76.1 Å². The van der Waals surface area contributed by atoms with Crippen LogP contribution in [0.3, 0.4) is 0 Å². The Morgan fingerprint density at radius 3 is 1.21 bits per heavy atom. The number of nitrogens with zero attached hydrogens (tertiary/aromatic N) is 4. The summed E-state index contributed by atoms with van der Waals surface area (Å²) in [7, 11) is 0. The third-order valence-electron chi connectivity index (χ3n) is 5.71. The summed E-state index contributed by atoms with van der Waals surface area (Å²) in [5.74, 6) is 0. The minimum atomic E-state index is 1.08. The highest BCUT2D eigenvalue weighted by Crippen LogP contribution is 2.21. The molecule has 0 bridgehead atoms. The Bertz CT molecular complexity index is 711. The highest BCUT2D eigenvalue weighted by atomic mass is 15.2. The van der Waals surface area contributed by atoms with E-state index in [-0.39, 0.29) is 0 Å². The number of anilines is 2. The van der Waals surface area contributed by atoms with Crippen LogP contribution in [-0.4, -0.2) is 38.6 Å². The molecular formula is C24H30N4. The van der Waals surface area contributed by atoms with Gasteiger partial charge in [0.05, 0.1) is 12.4 Å². The number of rotatable bonds is 5. The van der Waals surface area contributed by atoms with Crippen LogP contribution in [0.25, 0.3) is 0 Å². The van der Waals surface area contributed by atoms with Crippen LogP contribution in [0.1, 0.15) is 49.7 Å². The van der Waals surface area contributed by atoms with Crippen molar-refractivity contribution in [3.8, 4) is 0 Å². The summed E-state index contributed by atoms with van der Waals surface area (Å²) in [4.78, 5) is 4.94. The minimum absolute atomic E-state index is 1.08. The molecular weight excluding hydrogens is 344 g/mol. The summed E-state index contributed by atoms with van der Waals surface area (Å²) in [6.45, 7) is 4.70. The zero-order chi connectivity index (χ0) is 19.0. The smallest absolute Gasteiger partial charge is 0.0568 e. The van der Waals surface area contributed by atoms with Gasteiger partial charge < -0.3 is 9.80 Å². The molecule has 0 unspecified atom stereocenters. The molecule has 0 amide bonds. The van der Waals surface area contributed by atoms with Gasteiger partial charge in [-0.3, -0.25) is 0 Å². The van der Waals surface area contributed by atoms with Gasteiger partial charge in [-0.05, 0) is 73.9 Å². The molecule has 146 valence electrons. The van der Waals surface area contributed by atoms with Crippen molar-refractivity contribution < 1.29 is 0 Å². The second-order valence-electron chi connectivity index (χ2n) is 7.77. The molecule has 0 N–H and O–H groups in total. The van der Waals surface area contributed by atoms with E-state index in [2.05, 4.69) is 68.5 Å². The van der Waals surface area contributed by atoms with Crippen molar-refractivity contribution in [1.82, 2.24) is 0 Å². The maximum atomic E-state index is 4.21. The molecule has 4 heteroatoms. The molecule has 4 nitrogen and oxygen atoms in total. The van der Waals surface area contributed by atoms with Gasteiger partial charge >= 0.3 is 0 Å². The molecule has 2 aromatic rings. The van der Waals surface area contributed by atoms with E-state index in [1.807, 2.05) is 12.4 Å². The predicted molar refractivity (Wildman–Crippen MR) is 120 cm³/mol. The van der Waals surface area contributed by atoms with Crippen LogP contribution >= 0.6 is 0 Å². The van der Waals surface area contributed by atoms with E-state index in [1.54, 1.807) is 0 Å². The lowest BCUT2D eigenvalue weighted by Gasteiger charge is -2.28. The molecule has 2 aliphatic rings. The van der Waals surface area contributed by atoms with Gasteiger partial charge in [0.2, 0.25) is 0 Å². The Morgan fingerprint density at radius 1 is 0.500 bits per heavy atom. The van der Waals surface area contributed by atoms with E-state index in [0.717, 1.165) is 11.1 Å². The predicted octanol–water partition coefficient (Wildman–Crippen LogP) is 5.12. The van der Waals surface area contributed by atoms with Crippen molar-refractivity contribution in [3.63, 3.8) is 0 Å². The summed E-state index contributed by atoms with van der Waals surface area (Å²) in [5.41, 5.74) is 4.79. The van der Waals surface area contributed by atoms with Gasteiger partial charge in [0.15, 0.2) is 0 Å². The van der Waals surface area contributed by atoms with Crippen LogP contribution < -0.4 is 9.80 Å². The normalized spacial score (nSPS) is 18.3. The highest BCUT2D eigenvalue weighted by molar-refractivity contribution is 5.83. The van der Waals surface area contributed by atoms with Gasteiger partial charge in [-0.15, -0.1) is 0 Å². The van der Waals surface area contributed by atoms with Crippen molar-refractivity contribution in [2.75, 3.05) is 36.0 Å². The lowest BCUT2D eigenvalue weighted by Crippen LogP contribution is -2.29. The van der Waals surface area contributed by atoms with Gasteiger partial charge in [0, 0.05) is 37.6 Å². The topological polar surface area (TPSA) is 31.2 Å². The lowest BCUT2D eigenvalue weighted by atomic mass is 10.1. The highest BCUT2D eigenvalue weighted by Gasteiger charge is 2.11. The van der Waals surface area contributed by atoms with Gasteiger partial charge in [-0.1, -0.05) is 24.3 Å². The first-order valence-electron chi connectivity index (χ1n) is 10.6.